The van der Waals surface area contributed by atoms with Gasteiger partial charge in [0.25, 0.3) is 5.89 Å². The van der Waals surface area contributed by atoms with Crippen molar-refractivity contribution in [3.8, 4) is 11.6 Å². The van der Waals surface area contributed by atoms with Crippen molar-refractivity contribution in [2.45, 2.75) is 19.4 Å². The number of nitrogens with one attached hydrogen (secondary N) is 1. The summed E-state index contributed by atoms with van der Waals surface area (Å²) in [4.78, 5) is 27.1. The number of carbonyl (C=O) groups excluding carboxylic acids is 1. The van der Waals surface area contributed by atoms with Crippen LogP contribution in [0.5, 0.6) is 0 Å². The summed E-state index contributed by atoms with van der Waals surface area (Å²) in [5.74, 6) is -0.253. The van der Waals surface area contributed by atoms with E-state index in [1.807, 2.05) is 43.5 Å². The molecule has 0 saturated heterocycles. The second-order valence-corrected chi connectivity index (χ2v) is 7.69. The summed E-state index contributed by atoms with van der Waals surface area (Å²) in [6, 6.07) is 11.0. The summed E-state index contributed by atoms with van der Waals surface area (Å²) < 4.78 is 7.49. The van der Waals surface area contributed by atoms with Crippen LogP contribution in [0.3, 0.4) is 0 Å². The van der Waals surface area contributed by atoms with Gasteiger partial charge in [-0.1, -0.05) is 12.1 Å². The molecule has 10 nitrogen and oxygen atoms in total. The molecule has 5 aromatic heterocycles. The first-order valence-corrected chi connectivity index (χ1v) is 10.2. The quantitative estimate of drug-likeness (QED) is 0.471. The van der Waals surface area contributed by atoms with Crippen LogP contribution in [0.4, 0.5) is 0 Å². The first-order chi connectivity index (χ1) is 15.7. The van der Waals surface area contributed by atoms with Crippen LogP contribution >= 0.6 is 0 Å². The van der Waals surface area contributed by atoms with Crippen LogP contribution in [-0.4, -0.2) is 52.1 Å². The van der Waals surface area contributed by atoms with Crippen LogP contribution in [0.15, 0.2) is 59.5 Å². The summed E-state index contributed by atoms with van der Waals surface area (Å²) in [6.45, 7) is 2.41. The lowest BCUT2D eigenvalue weighted by molar-refractivity contribution is 0.0646. The maximum absolute atomic E-state index is 13.5. The zero-order valence-electron chi connectivity index (χ0n) is 17.1. The third-order valence-corrected chi connectivity index (χ3v) is 5.59. The Morgan fingerprint density at radius 1 is 1.19 bits per heavy atom. The maximum atomic E-state index is 13.5. The number of fused-ring (bicyclic) bond motifs is 2. The Morgan fingerprint density at radius 2 is 2.12 bits per heavy atom. The Morgan fingerprint density at radius 3 is 2.97 bits per heavy atom. The molecule has 1 unspecified atom stereocenters. The van der Waals surface area contributed by atoms with Gasteiger partial charge in [-0.15, -0.1) is 10.2 Å². The maximum Gasteiger partial charge on any atom is 0.312 e. The summed E-state index contributed by atoms with van der Waals surface area (Å²) in [6.07, 6.45) is 5.88. The number of pyridine rings is 2. The van der Waals surface area contributed by atoms with E-state index in [0.29, 0.717) is 18.7 Å². The minimum atomic E-state index is -0.467. The molecule has 0 saturated carbocycles. The van der Waals surface area contributed by atoms with Crippen molar-refractivity contribution in [3.05, 3.63) is 83.7 Å². The molecule has 5 aromatic rings. The molecule has 1 aliphatic rings. The fraction of sp³-hybridized carbons (Fsp3) is 0.182. The van der Waals surface area contributed by atoms with Gasteiger partial charge in [0.05, 0.1) is 23.2 Å². The minimum absolute atomic E-state index is 0.0878. The van der Waals surface area contributed by atoms with Gasteiger partial charge in [-0.2, -0.15) is 5.10 Å². The number of H-pyrrole nitrogens is 1. The lowest BCUT2D eigenvalue weighted by atomic mass is 9.99. The predicted molar refractivity (Wildman–Crippen MR) is 113 cm³/mol. The zero-order valence-corrected chi connectivity index (χ0v) is 17.1. The lowest BCUT2D eigenvalue weighted by Gasteiger charge is -2.32. The van der Waals surface area contributed by atoms with Gasteiger partial charge in [0.2, 0.25) is 0 Å². The monoisotopic (exact) mass is 426 g/mol. The largest absolute Gasteiger partial charge is 0.411 e. The molecule has 0 radical (unpaired) electrons. The van der Waals surface area contributed by atoms with E-state index in [1.54, 1.807) is 28.0 Å². The third kappa shape index (κ3) is 2.96. The molecule has 0 spiro atoms. The zero-order chi connectivity index (χ0) is 21.7. The number of hydrogen-bond acceptors (Lipinski definition) is 7. The molecule has 0 aromatic carbocycles. The van der Waals surface area contributed by atoms with Crippen LogP contribution in [-0.2, 0) is 6.42 Å². The normalized spacial score (nSPS) is 15.8. The summed E-state index contributed by atoms with van der Waals surface area (Å²) in [5.41, 5.74) is 4.95. The van der Waals surface area contributed by atoms with Crippen molar-refractivity contribution >= 4 is 11.4 Å². The molecule has 1 atom stereocenters. The lowest BCUT2D eigenvalue weighted by Crippen LogP contribution is -2.41. The Kier molecular flexibility index (Phi) is 4.10. The second-order valence-electron chi connectivity index (χ2n) is 7.69. The average molecular weight is 426 g/mol. The number of aromatic nitrogens is 7. The number of amides is 1. The molecule has 0 aliphatic carbocycles. The second kappa shape index (κ2) is 7.12. The Hall–Kier alpha value is -4.34. The van der Waals surface area contributed by atoms with Gasteiger partial charge in [0.15, 0.2) is 0 Å². The number of hydrogen-bond donors (Lipinski definition) is 1. The van der Waals surface area contributed by atoms with Crippen molar-refractivity contribution in [1.29, 1.82) is 0 Å². The molecule has 6 rings (SSSR count). The van der Waals surface area contributed by atoms with E-state index < -0.39 is 6.04 Å². The fourth-order valence-corrected chi connectivity index (χ4v) is 4.02. The summed E-state index contributed by atoms with van der Waals surface area (Å²) >= 11 is 0. The molecule has 32 heavy (non-hydrogen) atoms. The highest BCUT2D eigenvalue weighted by Gasteiger charge is 2.38. The first-order valence-electron chi connectivity index (χ1n) is 10.2. The fourth-order valence-electron chi connectivity index (χ4n) is 4.02. The molecule has 10 heteroatoms. The van der Waals surface area contributed by atoms with E-state index in [0.717, 1.165) is 28.2 Å². The highest BCUT2D eigenvalue weighted by molar-refractivity contribution is 5.90. The predicted octanol–water partition coefficient (Wildman–Crippen LogP) is 2.60. The minimum Gasteiger partial charge on any atom is -0.411 e. The number of imidazole rings is 1. The number of aryl methyl sites for hydroxylation is 1. The molecular weight excluding hydrogens is 408 g/mol. The Bertz CT molecular complexity index is 1400. The van der Waals surface area contributed by atoms with Crippen molar-refractivity contribution in [2.24, 2.45) is 0 Å². The number of rotatable bonds is 3. The van der Waals surface area contributed by atoms with Gasteiger partial charge in [-0.3, -0.25) is 9.78 Å². The van der Waals surface area contributed by atoms with Gasteiger partial charge in [-0.05, 0) is 36.8 Å². The van der Waals surface area contributed by atoms with Crippen molar-refractivity contribution in [3.63, 3.8) is 0 Å². The van der Waals surface area contributed by atoms with Crippen LogP contribution in [0.1, 0.15) is 39.4 Å². The number of nitrogens with zero attached hydrogens (tertiary/aromatic N) is 7. The van der Waals surface area contributed by atoms with Crippen LogP contribution in [0, 0.1) is 6.92 Å². The van der Waals surface area contributed by atoms with Gasteiger partial charge in [-0.25, -0.2) is 9.50 Å². The summed E-state index contributed by atoms with van der Waals surface area (Å²) in [5, 5.41) is 12.7. The van der Waals surface area contributed by atoms with Gasteiger partial charge in [0.1, 0.15) is 11.7 Å². The SMILES string of the molecule is Cc1ccc(-c2nnc(C(=O)N3CCc4[nH]cnc4C3c3cc4ccccn4n3)o2)nc1. The van der Waals surface area contributed by atoms with Crippen molar-refractivity contribution in [2.75, 3.05) is 6.54 Å². The molecule has 158 valence electrons. The smallest absolute Gasteiger partial charge is 0.312 e. The van der Waals surface area contributed by atoms with Crippen molar-refractivity contribution in [1.82, 2.24) is 39.7 Å². The summed E-state index contributed by atoms with van der Waals surface area (Å²) in [7, 11) is 0. The van der Waals surface area contributed by atoms with Crippen LogP contribution in [0.25, 0.3) is 17.1 Å². The van der Waals surface area contributed by atoms with Crippen molar-refractivity contribution < 1.29 is 9.21 Å². The van der Waals surface area contributed by atoms with E-state index >= 15 is 0 Å². The standard InChI is InChI=1S/C22H18N8O2/c1-13-5-6-16(23-11-13)20-26-27-21(32-20)22(31)29-9-7-15-18(25-12-24-15)19(29)17-10-14-4-2-3-8-30(14)28-17/h2-6,8,10-12,19H,7,9H2,1H3,(H,24,25). The Labute approximate surface area is 181 Å². The number of carbonyl (C=O) groups is 1. The van der Waals surface area contributed by atoms with Gasteiger partial charge < -0.3 is 14.3 Å². The molecule has 0 fully saturated rings. The Balaban J connectivity index is 1.38. The molecule has 1 N–H and O–H groups in total. The molecular formula is C22H18N8O2. The average Bonchev–Trinajstić information content (AvgIpc) is 3.57. The van der Waals surface area contributed by atoms with Gasteiger partial charge >= 0.3 is 11.8 Å². The molecule has 1 aliphatic heterocycles. The van der Waals surface area contributed by atoms with E-state index in [1.165, 1.54) is 0 Å². The third-order valence-electron chi connectivity index (χ3n) is 5.59. The van der Waals surface area contributed by atoms with Gasteiger partial charge in [0, 0.05) is 31.1 Å². The number of aromatic amines is 1. The molecule has 0 bridgehead atoms. The first kappa shape index (κ1) is 18.4. The van der Waals surface area contributed by atoms with E-state index in [2.05, 4.69) is 25.1 Å². The highest BCUT2D eigenvalue weighted by atomic mass is 16.4. The van der Waals surface area contributed by atoms with Crippen LogP contribution in [0.2, 0.25) is 0 Å². The topological polar surface area (TPSA) is 118 Å². The molecule has 6 heterocycles. The van der Waals surface area contributed by atoms with E-state index in [-0.39, 0.29) is 17.7 Å². The highest BCUT2D eigenvalue weighted by Crippen LogP contribution is 2.34. The molecule has 1 amide bonds. The van der Waals surface area contributed by atoms with E-state index in [9.17, 15) is 4.79 Å². The van der Waals surface area contributed by atoms with E-state index in [4.69, 9.17) is 9.52 Å². The van der Waals surface area contributed by atoms with Crippen LogP contribution < -0.4 is 0 Å².